The van der Waals surface area contributed by atoms with Crippen molar-refractivity contribution in [1.29, 1.82) is 0 Å². The molecule has 0 fully saturated rings. The van der Waals surface area contributed by atoms with Crippen molar-refractivity contribution in [3.05, 3.63) is 90.0 Å². The molecule has 3 aromatic rings. The molecule has 2 amide bonds. The first-order valence-electron chi connectivity index (χ1n) is 9.91. The van der Waals surface area contributed by atoms with Gasteiger partial charge in [0.1, 0.15) is 11.6 Å². The van der Waals surface area contributed by atoms with Gasteiger partial charge in [0, 0.05) is 36.7 Å². The third-order valence-corrected chi connectivity index (χ3v) is 5.14. The number of fused-ring (bicyclic) bond motifs is 1. The van der Waals surface area contributed by atoms with Crippen LogP contribution in [0.2, 0.25) is 0 Å². The first-order chi connectivity index (χ1) is 14.6. The van der Waals surface area contributed by atoms with Crippen LogP contribution in [0, 0.1) is 0 Å². The highest BCUT2D eigenvalue weighted by molar-refractivity contribution is 6.00. The summed E-state index contributed by atoms with van der Waals surface area (Å²) in [4.78, 5) is 24.3. The minimum atomic E-state index is -0.314. The second kappa shape index (κ2) is 8.73. The lowest BCUT2D eigenvalue weighted by Gasteiger charge is -2.25. The fourth-order valence-electron chi connectivity index (χ4n) is 3.61. The average molecular weight is 401 g/mol. The monoisotopic (exact) mass is 401 g/mol. The quantitative estimate of drug-likeness (QED) is 0.622. The van der Waals surface area contributed by atoms with E-state index in [2.05, 4.69) is 44.1 Å². The Morgan fingerprint density at radius 1 is 1.13 bits per heavy atom. The average Bonchev–Trinajstić information content (AvgIpc) is 3.16. The van der Waals surface area contributed by atoms with Gasteiger partial charge in [-0.2, -0.15) is 0 Å². The number of anilines is 1. The lowest BCUT2D eigenvalue weighted by atomic mass is 10.1. The van der Waals surface area contributed by atoms with Crippen LogP contribution in [0.15, 0.2) is 67.3 Å². The summed E-state index contributed by atoms with van der Waals surface area (Å²) in [6.45, 7) is 4.08. The summed E-state index contributed by atoms with van der Waals surface area (Å²) < 4.78 is 2.11. The van der Waals surface area contributed by atoms with Gasteiger partial charge in [-0.05, 0) is 36.3 Å². The largest absolute Gasteiger partial charge is 0.347 e. The van der Waals surface area contributed by atoms with Gasteiger partial charge in [-0.3, -0.25) is 9.59 Å². The fraction of sp³-hybridized carbons (Fsp3) is 0.217. The van der Waals surface area contributed by atoms with E-state index in [1.807, 2.05) is 18.2 Å². The lowest BCUT2D eigenvalue weighted by molar-refractivity contribution is -0.111. The van der Waals surface area contributed by atoms with E-state index in [9.17, 15) is 9.59 Å². The molecule has 1 aliphatic heterocycles. The summed E-state index contributed by atoms with van der Waals surface area (Å²) in [5.74, 6) is 1.38. The highest BCUT2D eigenvalue weighted by Gasteiger charge is 2.24. The molecular weight excluding hydrogens is 378 g/mol. The van der Waals surface area contributed by atoms with Crippen LogP contribution < -0.4 is 10.6 Å². The highest BCUT2D eigenvalue weighted by atomic mass is 16.2. The van der Waals surface area contributed by atoms with Crippen LogP contribution in [0.25, 0.3) is 0 Å². The first-order valence-corrected chi connectivity index (χ1v) is 9.91. The predicted octanol–water partition coefficient (Wildman–Crippen LogP) is 2.74. The minimum Gasteiger partial charge on any atom is -0.347 e. The molecule has 2 aromatic carbocycles. The maximum Gasteiger partial charge on any atom is 0.251 e. The standard InChI is InChI=1S/C23H23N5O2/c1-2-22(29)24-18-10-6-9-17(14-18)23(30)25-19-11-12-20-26-27-21(28(20)15-19)13-16-7-4-3-5-8-16/h2-10,14,19H,1,11-13,15H2,(H,24,29)(H,25,30). The highest BCUT2D eigenvalue weighted by Crippen LogP contribution is 2.18. The van der Waals surface area contributed by atoms with E-state index in [-0.39, 0.29) is 17.9 Å². The normalized spacial score (nSPS) is 15.1. The molecule has 1 unspecified atom stereocenters. The molecule has 7 heteroatoms. The zero-order chi connectivity index (χ0) is 20.9. The van der Waals surface area contributed by atoms with Crippen LogP contribution in [0.4, 0.5) is 5.69 Å². The van der Waals surface area contributed by atoms with E-state index < -0.39 is 0 Å². The third-order valence-electron chi connectivity index (χ3n) is 5.14. The fourth-order valence-corrected chi connectivity index (χ4v) is 3.61. The van der Waals surface area contributed by atoms with Gasteiger partial charge in [0.25, 0.3) is 5.91 Å². The third kappa shape index (κ3) is 4.46. The van der Waals surface area contributed by atoms with Crippen LogP contribution in [0.3, 0.4) is 0 Å². The molecule has 1 aliphatic rings. The number of nitrogens with one attached hydrogen (secondary N) is 2. The Morgan fingerprint density at radius 2 is 1.97 bits per heavy atom. The number of benzene rings is 2. The Hall–Kier alpha value is -3.74. The number of carbonyl (C=O) groups excluding carboxylic acids is 2. The Morgan fingerprint density at radius 3 is 2.77 bits per heavy atom. The van der Waals surface area contributed by atoms with E-state index in [1.165, 1.54) is 11.6 Å². The van der Waals surface area contributed by atoms with Gasteiger partial charge >= 0.3 is 0 Å². The number of aromatic nitrogens is 3. The van der Waals surface area contributed by atoms with Crippen molar-refractivity contribution >= 4 is 17.5 Å². The van der Waals surface area contributed by atoms with E-state index >= 15 is 0 Å². The number of aryl methyl sites for hydroxylation is 1. The summed E-state index contributed by atoms with van der Waals surface area (Å²) in [5, 5.41) is 14.5. The van der Waals surface area contributed by atoms with E-state index in [1.54, 1.807) is 24.3 Å². The Labute approximate surface area is 174 Å². The summed E-state index contributed by atoms with van der Waals surface area (Å²) in [6.07, 6.45) is 3.47. The first kappa shape index (κ1) is 19.6. The molecule has 0 spiro atoms. The molecule has 4 rings (SSSR count). The summed E-state index contributed by atoms with van der Waals surface area (Å²) in [5.41, 5.74) is 2.23. The van der Waals surface area contributed by atoms with Crippen LogP contribution in [-0.2, 0) is 24.2 Å². The maximum absolute atomic E-state index is 12.8. The minimum absolute atomic E-state index is 0.0121. The van der Waals surface area contributed by atoms with Crippen molar-refractivity contribution in [3.8, 4) is 0 Å². The van der Waals surface area contributed by atoms with Crippen molar-refractivity contribution in [2.45, 2.75) is 31.8 Å². The number of carbonyl (C=O) groups is 2. The van der Waals surface area contributed by atoms with Gasteiger partial charge in [0.05, 0.1) is 0 Å². The van der Waals surface area contributed by atoms with Crippen molar-refractivity contribution in [2.75, 3.05) is 5.32 Å². The number of rotatable bonds is 6. The lowest BCUT2D eigenvalue weighted by Crippen LogP contribution is -2.41. The summed E-state index contributed by atoms with van der Waals surface area (Å²) >= 11 is 0. The second-order valence-corrected chi connectivity index (χ2v) is 7.29. The topological polar surface area (TPSA) is 88.9 Å². The van der Waals surface area contributed by atoms with E-state index in [0.29, 0.717) is 24.2 Å². The molecule has 2 heterocycles. The number of amides is 2. The van der Waals surface area contributed by atoms with Gasteiger partial charge in [-0.1, -0.05) is 43.0 Å². The van der Waals surface area contributed by atoms with Gasteiger partial charge in [-0.15, -0.1) is 10.2 Å². The molecule has 1 atom stereocenters. The molecule has 0 aliphatic carbocycles. The van der Waals surface area contributed by atoms with Crippen molar-refractivity contribution < 1.29 is 9.59 Å². The zero-order valence-corrected chi connectivity index (χ0v) is 16.5. The zero-order valence-electron chi connectivity index (χ0n) is 16.5. The molecular formula is C23H23N5O2. The van der Waals surface area contributed by atoms with E-state index in [0.717, 1.165) is 24.5 Å². The Balaban J connectivity index is 1.43. The van der Waals surface area contributed by atoms with Crippen LogP contribution in [0.5, 0.6) is 0 Å². The SMILES string of the molecule is C=CC(=O)Nc1cccc(C(=O)NC2CCc3nnc(Cc4ccccc4)n3C2)c1. The molecule has 7 nitrogen and oxygen atoms in total. The molecule has 30 heavy (non-hydrogen) atoms. The van der Waals surface area contributed by atoms with Crippen molar-refractivity contribution in [2.24, 2.45) is 0 Å². The smallest absolute Gasteiger partial charge is 0.251 e. The molecule has 152 valence electrons. The number of hydrogen-bond acceptors (Lipinski definition) is 4. The molecule has 0 radical (unpaired) electrons. The van der Waals surface area contributed by atoms with Crippen molar-refractivity contribution in [3.63, 3.8) is 0 Å². The van der Waals surface area contributed by atoms with Gasteiger partial charge in [0.2, 0.25) is 5.91 Å². The van der Waals surface area contributed by atoms with Crippen molar-refractivity contribution in [1.82, 2.24) is 20.1 Å². The molecule has 0 saturated heterocycles. The van der Waals surface area contributed by atoms with Gasteiger partial charge in [-0.25, -0.2) is 0 Å². The summed E-state index contributed by atoms with van der Waals surface area (Å²) in [6, 6.07) is 17.0. The maximum atomic E-state index is 12.8. The second-order valence-electron chi connectivity index (χ2n) is 7.29. The van der Waals surface area contributed by atoms with Crippen LogP contribution in [0.1, 0.15) is 34.0 Å². The molecule has 1 aromatic heterocycles. The summed E-state index contributed by atoms with van der Waals surface area (Å²) in [7, 11) is 0. The molecule has 0 bridgehead atoms. The van der Waals surface area contributed by atoms with Crippen LogP contribution in [-0.4, -0.2) is 32.6 Å². The van der Waals surface area contributed by atoms with Gasteiger partial charge < -0.3 is 15.2 Å². The number of hydrogen-bond donors (Lipinski definition) is 2. The Kier molecular flexibility index (Phi) is 5.70. The van der Waals surface area contributed by atoms with Gasteiger partial charge in [0.15, 0.2) is 0 Å². The molecule has 0 saturated carbocycles. The predicted molar refractivity (Wildman–Crippen MR) is 114 cm³/mol. The Bertz CT molecular complexity index is 1070. The van der Waals surface area contributed by atoms with Crippen LogP contribution >= 0.6 is 0 Å². The molecule has 2 N–H and O–H groups in total. The van der Waals surface area contributed by atoms with E-state index in [4.69, 9.17) is 0 Å². The number of nitrogens with zero attached hydrogens (tertiary/aromatic N) is 3.